The molecule has 0 aromatic heterocycles. The monoisotopic (exact) mass is 154 g/mol. The Balaban J connectivity index is 3.85. The molecule has 0 aromatic carbocycles. The fraction of sp³-hybridized carbons (Fsp3) is 0.500. The molecule has 0 aliphatic rings. The zero-order chi connectivity index (χ0) is 8.85. The van der Waals surface area contributed by atoms with Crippen molar-refractivity contribution in [2.75, 3.05) is 0 Å². The average molecular weight is 154 g/mol. The Morgan fingerprint density at radius 2 is 2.36 bits per heavy atom. The standard InChI is InChI=1S/C8H14N2O/c1-4-10-6(2)5-8(9)7(3)11/h4,8H,2,5,9H2,1,3H3. The molecule has 0 radical (unpaired) electrons. The van der Waals surface area contributed by atoms with Crippen LogP contribution in [0.4, 0.5) is 0 Å². The Bertz CT molecular complexity index is 185. The van der Waals surface area contributed by atoms with Crippen LogP contribution in [-0.4, -0.2) is 18.0 Å². The number of carbonyl (C=O) groups is 1. The fourth-order valence-corrected chi connectivity index (χ4v) is 0.633. The minimum Gasteiger partial charge on any atom is -0.321 e. The summed E-state index contributed by atoms with van der Waals surface area (Å²) < 4.78 is 0. The average Bonchev–Trinajstić information content (AvgIpc) is 1.87. The summed E-state index contributed by atoms with van der Waals surface area (Å²) in [5.74, 6) is -0.0301. The van der Waals surface area contributed by atoms with Gasteiger partial charge < -0.3 is 5.73 Å². The van der Waals surface area contributed by atoms with E-state index in [1.165, 1.54) is 6.92 Å². The number of ketones is 1. The van der Waals surface area contributed by atoms with E-state index in [0.717, 1.165) is 0 Å². The lowest BCUT2D eigenvalue weighted by Gasteiger charge is -2.05. The maximum absolute atomic E-state index is 10.7. The second-order valence-electron chi connectivity index (χ2n) is 2.37. The lowest BCUT2D eigenvalue weighted by Crippen LogP contribution is -2.28. The predicted octanol–water partition coefficient (Wildman–Crippen LogP) is 0.897. The molecule has 0 rings (SSSR count). The number of rotatable bonds is 4. The van der Waals surface area contributed by atoms with Crippen molar-refractivity contribution in [2.24, 2.45) is 10.7 Å². The first-order chi connectivity index (χ1) is 5.07. The third-order valence-electron chi connectivity index (χ3n) is 1.29. The molecule has 62 valence electrons. The maximum atomic E-state index is 10.7. The lowest BCUT2D eigenvalue weighted by molar-refractivity contribution is -0.118. The van der Waals surface area contributed by atoms with E-state index in [-0.39, 0.29) is 5.78 Å². The van der Waals surface area contributed by atoms with Gasteiger partial charge in [0.1, 0.15) is 5.78 Å². The van der Waals surface area contributed by atoms with Gasteiger partial charge in [-0.05, 0) is 13.8 Å². The highest BCUT2D eigenvalue weighted by Gasteiger charge is 2.08. The Morgan fingerprint density at radius 3 is 2.73 bits per heavy atom. The van der Waals surface area contributed by atoms with Crippen molar-refractivity contribution in [1.29, 1.82) is 0 Å². The highest BCUT2D eigenvalue weighted by molar-refractivity contribution is 5.81. The summed E-state index contributed by atoms with van der Waals surface area (Å²) in [6, 6.07) is -0.453. The van der Waals surface area contributed by atoms with Gasteiger partial charge in [-0.1, -0.05) is 6.58 Å². The van der Waals surface area contributed by atoms with Gasteiger partial charge in [0.05, 0.1) is 6.04 Å². The summed E-state index contributed by atoms with van der Waals surface area (Å²) in [5, 5.41) is 0. The smallest absolute Gasteiger partial charge is 0.146 e. The molecule has 0 fully saturated rings. The van der Waals surface area contributed by atoms with Crippen LogP contribution in [0.3, 0.4) is 0 Å². The Labute approximate surface area is 67.0 Å². The van der Waals surface area contributed by atoms with Gasteiger partial charge in [0.15, 0.2) is 0 Å². The molecule has 0 saturated carbocycles. The molecule has 1 unspecified atom stereocenters. The highest BCUT2D eigenvalue weighted by atomic mass is 16.1. The van der Waals surface area contributed by atoms with Crippen LogP contribution in [0.15, 0.2) is 17.3 Å². The number of nitrogens with zero attached hydrogens (tertiary/aromatic N) is 1. The van der Waals surface area contributed by atoms with Gasteiger partial charge in [-0.25, -0.2) is 0 Å². The molecule has 2 N–H and O–H groups in total. The van der Waals surface area contributed by atoms with Crippen LogP contribution >= 0.6 is 0 Å². The second kappa shape index (κ2) is 4.79. The Hall–Kier alpha value is -0.960. The van der Waals surface area contributed by atoms with Crippen molar-refractivity contribution in [3.8, 4) is 0 Å². The Morgan fingerprint density at radius 1 is 1.82 bits per heavy atom. The van der Waals surface area contributed by atoms with Crippen molar-refractivity contribution in [1.82, 2.24) is 0 Å². The molecule has 11 heavy (non-hydrogen) atoms. The van der Waals surface area contributed by atoms with Crippen LogP contribution in [0.25, 0.3) is 0 Å². The van der Waals surface area contributed by atoms with Crippen molar-refractivity contribution < 1.29 is 4.79 Å². The van der Waals surface area contributed by atoms with E-state index in [9.17, 15) is 4.79 Å². The van der Waals surface area contributed by atoms with Gasteiger partial charge in [-0.15, -0.1) is 0 Å². The third-order valence-corrected chi connectivity index (χ3v) is 1.29. The van der Waals surface area contributed by atoms with E-state index in [1.54, 1.807) is 13.1 Å². The third kappa shape index (κ3) is 4.44. The van der Waals surface area contributed by atoms with Crippen LogP contribution in [-0.2, 0) is 4.79 Å². The minimum atomic E-state index is -0.453. The molecule has 0 aliphatic carbocycles. The first-order valence-corrected chi connectivity index (χ1v) is 3.50. The molecule has 0 bridgehead atoms. The van der Waals surface area contributed by atoms with Gasteiger partial charge in [0.2, 0.25) is 0 Å². The van der Waals surface area contributed by atoms with E-state index >= 15 is 0 Å². The quantitative estimate of drug-likeness (QED) is 0.611. The molecule has 3 heteroatoms. The summed E-state index contributed by atoms with van der Waals surface area (Å²) in [6.07, 6.45) is 2.08. The van der Waals surface area contributed by atoms with Gasteiger partial charge in [-0.2, -0.15) is 0 Å². The molecule has 0 aromatic rings. The molecule has 0 aliphatic heterocycles. The minimum absolute atomic E-state index is 0.0301. The normalized spacial score (nSPS) is 13.4. The van der Waals surface area contributed by atoms with Gasteiger partial charge in [-0.3, -0.25) is 9.79 Å². The van der Waals surface area contributed by atoms with E-state index in [4.69, 9.17) is 5.73 Å². The zero-order valence-electron chi connectivity index (χ0n) is 7.00. The van der Waals surface area contributed by atoms with E-state index in [2.05, 4.69) is 11.6 Å². The van der Waals surface area contributed by atoms with E-state index < -0.39 is 6.04 Å². The van der Waals surface area contributed by atoms with Crippen molar-refractivity contribution >= 4 is 12.0 Å². The lowest BCUT2D eigenvalue weighted by atomic mass is 10.1. The number of aliphatic imine (C=N–C) groups is 1. The first kappa shape index (κ1) is 10.0. The molecule has 0 amide bonds. The summed E-state index contributed by atoms with van der Waals surface area (Å²) >= 11 is 0. The first-order valence-electron chi connectivity index (χ1n) is 3.50. The molecular formula is C8H14N2O. The summed E-state index contributed by atoms with van der Waals surface area (Å²) in [5.41, 5.74) is 6.11. The van der Waals surface area contributed by atoms with E-state index in [0.29, 0.717) is 12.1 Å². The van der Waals surface area contributed by atoms with Crippen LogP contribution in [0, 0.1) is 0 Å². The van der Waals surface area contributed by atoms with Crippen LogP contribution < -0.4 is 5.73 Å². The molecule has 0 saturated heterocycles. The number of hydrogen-bond acceptors (Lipinski definition) is 3. The number of hydrogen-bond donors (Lipinski definition) is 1. The van der Waals surface area contributed by atoms with Gasteiger partial charge >= 0.3 is 0 Å². The van der Waals surface area contributed by atoms with Crippen LogP contribution in [0.1, 0.15) is 20.3 Å². The fourth-order valence-electron chi connectivity index (χ4n) is 0.633. The zero-order valence-corrected chi connectivity index (χ0v) is 7.00. The summed E-state index contributed by atoms with van der Waals surface area (Å²) in [6.45, 7) is 6.90. The topological polar surface area (TPSA) is 55.5 Å². The largest absolute Gasteiger partial charge is 0.321 e. The van der Waals surface area contributed by atoms with Crippen LogP contribution in [0.2, 0.25) is 0 Å². The molecule has 0 spiro atoms. The van der Waals surface area contributed by atoms with Gasteiger partial charge in [0, 0.05) is 18.3 Å². The van der Waals surface area contributed by atoms with Crippen molar-refractivity contribution in [3.05, 3.63) is 12.3 Å². The molecular weight excluding hydrogens is 140 g/mol. The Kier molecular flexibility index (Phi) is 4.38. The molecule has 1 atom stereocenters. The maximum Gasteiger partial charge on any atom is 0.146 e. The van der Waals surface area contributed by atoms with Crippen molar-refractivity contribution in [2.45, 2.75) is 26.3 Å². The summed E-state index contributed by atoms with van der Waals surface area (Å²) in [7, 11) is 0. The van der Waals surface area contributed by atoms with E-state index in [1.807, 2.05) is 0 Å². The highest BCUT2D eigenvalue weighted by Crippen LogP contribution is 2.02. The molecule has 3 nitrogen and oxygen atoms in total. The van der Waals surface area contributed by atoms with Crippen molar-refractivity contribution in [3.63, 3.8) is 0 Å². The molecule has 0 heterocycles. The number of nitrogens with two attached hydrogens (primary N) is 1. The second-order valence-corrected chi connectivity index (χ2v) is 2.37. The SMILES string of the molecule is C=C(CC(N)C(C)=O)N=CC. The number of Topliss-reactive ketones (excluding diaryl/α,β-unsaturated/α-hetero) is 1. The van der Waals surface area contributed by atoms with Crippen LogP contribution in [0.5, 0.6) is 0 Å². The predicted molar refractivity (Wildman–Crippen MR) is 46.6 cm³/mol. The van der Waals surface area contributed by atoms with Gasteiger partial charge in [0.25, 0.3) is 0 Å². The number of carbonyl (C=O) groups excluding carboxylic acids is 1. The summed E-state index contributed by atoms with van der Waals surface area (Å²) in [4.78, 5) is 14.6.